The van der Waals surface area contributed by atoms with Crippen LogP contribution < -0.4 is 5.32 Å². The van der Waals surface area contributed by atoms with Gasteiger partial charge in [-0.25, -0.2) is 9.98 Å². The molecule has 0 bridgehead atoms. The maximum Gasteiger partial charge on any atom is 0.251 e. The van der Waals surface area contributed by atoms with Crippen LogP contribution in [0.1, 0.15) is 41.7 Å². The molecule has 0 aliphatic heterocycles. The van der Waals surface area contributed by atoms with Gasteiger partial charge in [0.1, 0.15) is 18.5 Å². The number of hydrogen-bond acceptors (Lipinski definition) is 5. The first-order chi connectivity index (χ1) is 13.8. The second-order valence-electron chi connectivity index (χ2n) is 6.63. The number of nitrogens with one attached hydrogen (secondary N) is 1. The lowest BCUT2D eigenvalue weighted by Gasteiger charge is -2.22. The molecule has 1 amide bonds. The number of nitriles is 1. The Labute approximate surface area is 176 Å². The lowest BCUT2D eigenvalue weighted by molar-refractivity contribution is -0.126. The van der Waals surface area contributed by atoms with E-state index in [4.69, 9.17) is 10.00 Å². The summed E-state index contributed by atoms with van der Waals surface area (Å²) in [5, 5.41) is 11.7. The molecule has 0 saturated carbocycles. The number of benzene rings is 1. The predicted molar refractivity (Wildman–Crippen MR) is 122 cm³/mol. The number of aliphatic imine (C=N–C) groups is 1. The lowest BCUT2D eigenvalue weighted by atomic mass is 10.0. The molecule has 1 N–H and O–H groups in total. The first-order valence-corrected chi connectivity index (χ1v) is 10.6. The van der Waals surface area contributed by atoms with Gasteiger partial charge < -0.3 is 10.1 Å². The third kappa shape index (κ3) is 6.98. The van der Waals surface area contributed by atoms with Crippen molar-refractivity contribution in [2.45, 2.75) is 38.7 Å². The summed E-state index contributed by atoms with van der Waals surface area (Å²) in [6, 6.07) is 11.5. The molecule has 3 atom stereocenters. The summed E-state index contributed by atoms with van der Waals surface area (Å²) in [5.41, 5.74) is 3.89. The summed E-state index contributed by atoms with van der Waals surface area (Å²) in [5.74, 6) is 0.653. The van der Waals surface area contributed by atoms with Crippen LogP contribution in [0, 0.1) is 25.2 Å². The number of rotatable bonds is 7. The van der Waals surface area contributed by atoms with Crippen LogP contribution in [0.5, 0.6) is 0 Å². The van der Waals surface area contributed by atoms with Crippen LogP contribution in [-0.4, -0.2) is 28.7 Å². The van der Waals surface area contributed by atoms with E-state index in [0.717, 1.165) is 5.56 Å². The summed E-state index contributed by atoms with van der Waals surface area (Å²) < 4.78 is 5.91. The van der Waals surface area contributed by atoms with Gasteiger partial charge in [0, 0.05) is 18.0 Å². The minimum absolute atomic E-state index is 0.0621. The number of amides is 1. The Bertz CT molecular complexity index is 921. The van der Waals surface area contributed by atoms with E-state index in [1.807, 2.05) is 19.1 Å². The van der Waals surface area contributed by atoms with E-state index < -0.39 is 0 Å². The van der Waals surface area contributed by atoms with E-state index in [1.54, 1.807) is 12.1 Å². The molecule has 2 rings (SSSR count). The molecule has 3 unspecified atom stereocenters. The van der Waals surface area contributed by atoms with Crippen LogP contribution in [0.25, 0.3) is 0 Å². The number of ether oxygens (including phenoxy) is 1. The number of hydrogen-bond donors (Lipinski definition) is 1. The van der Waals surface area contributed by atoms with Crippen LogP contribution in [0.2, 0.25) is 0 Å². The molecule has 0 saturated heterocycles. The number of nitrogens with zero attached hydrogens (tertiary/aromatic N) is 3. The average Bonchev–Trinajstić information content (AvgIpc) is 2.70. The molecule has 8 heteroatoms. The molecule has 2 aromatic rings. The van der Waals surface area contributed by atoms with Gasteiger partial charge in [-0.3, -0.25) is 4.79 Å². The van der Waals surface area contributed by atoms with Gasteiger partial charge >= 0.3 is 0 Å². The van der Waals surface area contributed by atoms with Gasteiger partial charge in [-0.2, -0.15) is 5.26 Å². The molecule has 0 aliphatic rings. The van der Waals surface area contributed by atoms with E-state index in [9.17, 15) is 4.79 Å². The fourth-order valence-corrected chi connectivity index (χ4v) is 3.25. The Morgan fingerprint density at radius 2 is 2.03 bits per heavy atom. The summed E-state index contributed by atoms with van der Waals surface area (Å²) in [7, 11) is 5.42. The Morgan fingerprint density at radius 1 is 1.28 bits per heavy atom. The molecular formula is C21H26N4O2P2. The molecule has 1 heterocycles. The zero-order valence-corrected chi connectivity index (χ0v) is 19.2. The number of carbonyl (C=O) groups is 1. The maximum atomic E-state index is 12.4. The standard InChI is InChI=1S/C21H26N4O2P2/c1-4-17(24-18-8-6-15(10-22)11-23-18)25-19(26)12-27-20(21(28)29)16-7-5-13(2)14(3)9-16/h5-9,11,20-21H,4,12,28-29H2,1-3H3,(H,23,24,25,26). The number of aromatic nitrogens is 1. The highest BCUT2D eigenvalue weighted by Gasteiger charge is 2.19. The van der Waals surface area contributed by atoms with Crippen molar-refractivity contribution in [2.24, 2.45) is 4.99 Å². The SMILES string of the molecule is CCC(=Nc1ccc(C#N)cn1)NC(=O)COC(c1ccc(C)c(C)c1)C(P)P. The Hall–Kier alpha value is -2.18. The normalized spacial score (nSPS) is 12.5. The quantitative estimate of drug-likeness (QED) is 0.411. The molecule has 6 nitrogen and oxygen atoms in total. The van der Waals surface area contributed by atoms with Crippen LogP contribution in [0.4, 0.5) is 5.82 Å². The predicted octanol–water partition coefficient (Wildman–Crippen LogP) is 3.96. The first-order valence-electron chi connectivity index (χ1n) is 9.27. The van der Waals surface area contributed by atoms with Crippen molar-refractivity contribution in [2.75, 3.05) is 6.61 Å². The second-order valence-corrected chi connectivity index (χ2v) is 8.94. The van der Waals surface area contributed by atoms with E-state index in [2.05, 4.69) is 59.8 Å². The van der Waals surface area contributed by atoms with Crippen molar-refractivity contribution >= 4 is 36.0 Å². The van der Waals surface area contributed by atoms with Crippen LogP contribution in [-0.2, 0) is 9.53 Å². The van der Waals surface area contributed by atoms with Crippen molar-refractivity contribution in [1.29, 1.82) is 5.26 Å². The van der Waals surface area contributed by atoms with Gasteiger partial charge in [0.2, 0.25) is 0 Å². The van der Waals surface area contributed by atoms with Gasteiger partial charge in [0.25, 0.3) is 5.91 Å². The smallest absolute Gasteiger partial charge is 0.251 e. The highest BCUT2D eigenvalue weighted by molar-refractivity contribution is 7.37. The van der Waals surface area contributed by atoms with Crippen molar-refractivity contribution in [3.8, 4) is 6.07 Å². The van der Waals surface area contributed by atoms with Crippen LogP contribution >= 0.6 is 18.5 Å². The first kappa shape index (κ1) is 23.1. The molecule has 0 spiro atoms. The van der Waals surface area contributed by atoms with Crippen molar-refractivity contribution in [3.05, 3.63) is 58.8 Å². The maximum absolute atomic E-state index is 12.4. The fourth-order valence-electron chi connectivity index (χ4n) is 2.59. The summed E-state index contributed by atoms with van der Waals surface area (Å²) in [6.45, 7) is 5.93. The van der Waals surface area contributed by atoms with Gasteiger partial charge in [0.15, 0.2) is 5.82 Å². The van der Waals surface area contributed by atoms with Gasteiger partial charge in [-0.15, -0.1) is 18.5 Å². The highest BCUT2D eigenvalue weighted by atomic mass is 31.1. The monoisotopic (exact) mass is 428 g/mol. The topological polar surface area (TPSA) is 87.4 Å². The summed E-state index contributed by atoms with van der Waals surface area (Å²) in [4.78, 5) is 20.8. The van der Waals surface area contributed by atoms with Gasteiger partial charge in [-0.1, -0.05) is 25.1 Å². The third-order valence-electron chi connectivity index (χ3n) is 4.35. The fraction of sp³-hybridized carbons (Fsp3) is 0.333. The minimum atomic E-state index is -0.274. The van der Waals surface area contributed by atoms with Gasteiger partial charge in [-0.05, 0) is 42.7 Å². The van der Waals surface area contributed by atoms with E-state index in [1.165, 1.54) is 17.3 Å². The zero-order chi connectivity index (χ0) is 21.4. The largest absolute Gasteiger partial charge is 0.363 e. The average molecular weight is 428 g/mol. The molecule has 0 aliphatic carbocycles. The Morgan fingerprint density at radius 3 is 2.59 bits per heavy atom. The van der Waals surface area contributed by atoms with Crippen LogP contribution in [0.15, 0.2) is 41.5 Å². The second kappa shape index (κ2) is 11.1. The molecule has 0 radical (unpaired) electrons. The van der Waals surface area contributed by atoms with Crippen molar-refractivity contribution in [1.82, 2.24) is 10.3 Å². The molecule has 1 aromatic heterocycles. The van der Waals surface area contributed by atoms with Crippen molar-refractivity contribution in [3.63, 3.8) is 0 Å². The highest BCUT2D eigenvalue weighted by Crippen LogP contribution is 2.31. The molecule has 152 valence electrons. The zero-order valence-electron chi connectivity index (χ0n) is 16.8. The molecule has 1 aromatic carbocycles. The summed E-state index contributed by atoms with van der Waals surface area (Å²) in [6.07, 6.45) is 1.74. The third-order valence-corrected chi connectivity index (χ3v) is 5.05. The Kier molecular flexibility index (Phi) is 8.86. The van der Waals surface area contributed by atoms with Gasteiger partial charge in [0.05, 0.1) is 11.7 Å². The number of aryl methyl sites for hydroxylation is 2. The van der Waals surface area contributed by atoms with E-state index in [-0.39, 0.29) is 24.0 Å². The number of amidine groups is 1. The minimum Gasteiger partial charge on any atom is -0.363 e. The van der Waals surface area contributed by atoms with E-state index >= 15 is 0 Å². The van der Waals surface area contributed by atoms with Crippen molar-refractivity contribution < 1.29 is 9.53 Å². The van der Waals surface area contributed by atoms with Crippen LogP contribution in [0.3, 0.4) is 0 Å². The summed E-state index contributed by atoms with van der Waals surface area (Å²) >= 11 is 0. The molecule has 29 heavy (non-hydrogen) atoms. The van der Waals surface area contributed by atoms with E-state index in [0.29, 0.717) is 23.6 Å². The lowest BCUT2D eigenvalue weighted by Crippen LogP contribution is -2.34. The molecule has 0 fully saturated rings. The number of pyridine rings is 1. The molecular weight excluding hydrogens is 402 g/mol. The number of carbonyl (C=O) groups excluding carboxylic acids is 1. The Balaban J connectivity index is 2.02.